The third-order valence-electron chi connectivity index (χ3n) is 3.34. The number of hydrogen-bond donors (Lipinski definition) is 1. The maximum atomic E-state index is 12.0. The summed E-state index contributed by atoms with van der Waals surface area (Å²) in [4.78, 5) is 35.0. The van der Waals surface area contributed by atoms with Gasteiger partial charge >= 0.3 is 11.9 Å². The number of esters is 2. The molecule has 114 valence electrons. The summed E-state index contributed by atoms with van der Waals surface area (Å²) in [5, 5.41) is 2.64. The van der Waals surface area contributed by atoms with E-state index in [0.717, 1.165) is 0 Å². The van der Waals surface area contributed by atoms with E-state index in [-0.39, 0.29) is 18.2 Å². The van der Waals surface area contributed by atoms with Gasteiger partial charge in [-0.05, 0) is 12.3 Å². The summed E-state index contributed by atoms with van der Waals surface area (Å²) in [5.74, 6) is -1.94. The van der Waals surface area contributed by atoms with E-state index in [9.17, 15) is 14.4 Å². The Morgan fingerprint density at radius 2 is 2.00 bits per heavy atom. The molecule has 1 rings (SSSR count). The number of amides is 1. The SMILES string of the molecule is COC(=O)C[C@@H](C)[C@H](NC(=O)[C@H]1CCOC1)C(=O)OC. The van der Waals surface area contributed by atoms with Crippen molar-refractivity contribution >= 4 is 17.8 Å². The fraction of sp³-hybridized carbons (Fsp3) is 0.769. The van der Waals surface area contributed by atoms with Crippen molar-refractivity contribution in [2.75, 3.05) is 27.4 Å². The van der Waals surface area contributed by atoms with E-state index in [0.29, 0.717) is 19.6 Å². The maximum Gasteiger partial charge on any atom is 0.328 e. The van der Waals surface area contributed by atoms with Crippen LogP contribution >= 0.6 is 0 Å². The van der Waals surface area contributed by atoms with Gasteiger partial charge in [-0.25, -0.2) is 4.79 Å². The van der Waals surface area contributed by atoms with Gasteiger partial charge in [-0.2, -0.15) is 0 Å². The minimum Gasteiger partial charge on any atom is -0.469 e. The molecule has 0 spiro atoms. The van der Waals surface area contributed by atoms with Crippen molar-refractivity contribution in [2.24, 2.45) is 11.8 Å². The zero-order valence-corrected chi connectivity index (χ0v) is 12.0. The molecule has 1 saturated heterocycles. The van der Waals surface area contributed by atoms with Crippen LogP contribution in [0.5, 0.6) is 0 Å². The normalized spacial score (nSPS) is 20.9. The first kappa shape index (κ1) is 16.4. The van der Waals surface area contributed by atoms with Gasteiger partial charge in [-0.3, -0.25) is 9.59 Å². The summed E-state index contributed by atoms with van der Waals surface area (Å²) in [6.45, 7) is 2.58. The molecule has 0 aromatic rings. The largest absolute Gasteiger partial charge is 0.469 e. The quantitative estimate of drug-likeness (QED) is 0.685. The maximum absolute atomic E-state index is 12.0. The highest BCUT2D eigenvalue weighted by molar-refractivity contribution is 5.86. The number of nitrogens with one attached hydrogen (secondary N) is 1. The average molecular weight is 287 g/mol. The number of carbonyl (C=O) groups is 3. The predicted molar refractivity (Wildman–Crippen MR) is 68.7 cm³/mol. The van der Waals surface area contributed by atoms with E-state index in [1.807, 2.05) is 0 Å². The van der Waals surface area contributed by atoms with Gasteiger partial charge in [0.1, 0.15) is 6.04 Å². The van der Waals surface area contributed by atoms with Crippen LogP contribution in [0.1, 0.15) is 19.8 Å². The fourth-order valence-electron chi connectivity index (χ4n) is 2.04. The minimum atomic E-state index is -0.868. The zero-order valence-electron chi connectivity index (χ0n) is 12.0. The topological polar surface area (TPSA) is 90.9 Å². The van der Waals surface area contributed by atoms with Crippen LogP contribution in [0.4, 0.5) is 0 Å². The second-order valence-electron chi connectivity index (χ2n) is 4.83. The summed E-state index contributed by atoms with van der Waals surface area (Å²) >= 11 is 0. The van der Waals surface area contributed by atoms with Crippen LogP contribution < -0.4 is 5.32 Å². The molecule has 0 aliphatic carbocycles. The molecule has 1 aliphatic rings. The molecule has 1 heterocycles. The van der Waals surface area contributed by atoms with Crippen LogP contribution in [0.25, 0.3) is 0 Å². The number of hydrogen-bond acceptors (Lipinski definition) is 6. The van der Waals surface area contributed by atoms with E-state index in [2.05, 4.69) is 14.8 Å². The molecule has 1 amide bonds. The van der Waals surface area contributed by atoms with Gasteiger partial charge in [0, 0.05) is 6.61 Å². The van der Waals surface area contributed by atoms with Gasteiger partial charge in [0.15, 0.2) is 0 Å². The highest BCUT2D eigenvalue weighted by Gasteiger charge is 2.32. The first-order valence-corrected chi connectivity index (χ1v) is 6.52. The van der Waals surface area contributed by atoms with Gasteiger partial charge in [0.25, 0.3) is 0 Å². The monoisotopic (exact) mass is 287 g/mol. The summed E-state index contributed by atoms with van der Waals surface area (Å²) in [6, 6.07) is -0.868. The number of carbonyl (C=O) groups excluding carboxylic acids is 3. The van der Waals surface area contributed by atoms with Crippen LogP contribution in [0.3, 0.4) is 0 Å². The smallest absolute Gasteiger partial charge is 0.328 e. The zero-order chi connectivity index (χ0) is 15.1. The lowest BCUT2D eigenvalue weighted by molar-refractivity contribution is -0.149. The van der Waals surface area contributed by atoms with Gasteiger partial charge in [-0.1, -0.05) is 6.92 Å². The molecule has 1 N–H and O–H groups in total. The van der Waals surface area contributed by atoms with E-state index in [1.54, 1.807) is 6.92 Å². The van der Waals surface area contributed by atoms with Crippen LogP contribution in [0.15, 0.2) is 0 Å². The lowest BCUT2D eigenvalue weighted by atomic mass is 9.97. The lowest BCUT2D eigenvalue weighted by Crippen LogP contribution is -2.48. The molecule has 7 nitrogen and oxygen atoms in total. The Labute approximate surface area is 117 Å². The second kappa shape index (κ2) is 7.84. The van der Waals surface area contributed by atoms with Crippen molar-refractivity contribution in [3.05, 3.63) is 0 Å². The Hall–Kier alpha value is -1.63. The van der Waals surface area contributed by atoms with Crippen LogP contribution in [0.2, 0.25) is 0 Å². The van der Waals surface area contributed by atoms with E-state index >= 15 is 0 Å². The van der Waals surface area contributed by atoms with Crippen LogP contribution in [0, 0.1) is 11.8 Å². The van der Waals surface area contributed by atoms with Crippen LogP contribution in [-0.2, 0) is 28.6 Å². The number of ether oxygens (including phenoxy) is 3. The van der Waals surface area contributed by atoms with E-state index in [1.165, 1.54) is 14.2 Å². The number of methoxy groups -OCH3 is 2. The van der Waals surface area contributed by atoms with Crippen LogP contribution in [-0.4, -0.2) is 51.3 Å². The Morgan fingerprint density at radius 1 is 1.30 bits per heavy atom. The van der Waals surface area contributed by atoms with Crippen molar-refractivity contribution < 1.29 is 28.6 Å². The summed E-state index contributed by atoms with van der Waals surface area (Å²) in [5.41, 5.74) is 0. The third kappa shape index (κ3) is 4.48. The van der Waals surface area contributed by atoms with Crippen molar-refractivity contribution in [2.45, 2.75) is 25.8 Å². The van der Waals surface area contributed by atoms with Crippen molar-refractivity contribution in [1.29, 1.82) is 0 Å². The average Bonchev–Trinajstić information content (AvgIpc) is 2.97. The first-order chi connectivity index (χ1) is 9.49. The Bertz CT molecular complexity index is 364. The molecule has 1 fully saturated rings. The molecule has 3 atom stereocenters. The summed E-state index contributed by atoms with van der Waals surface area (Å²) < 4.78 is 14.4. The van der Waals surface area contributed by atoms with E-state index in [4.69, 9.17) is 4.74 Å². The Morgan fingerprint density at radius 3 is 2.50 bits per heavy atom. The molecule has 0 radical (unpaired) electrons. The summed E-state index contributed by atoms with van der Waals surface area (Å²) in [6.07, 6.45) is 0.656. The number of rotatable bonds is 6. The Kier molecular flexibility index (Phi) is 6.44. The second-order valence-corrected chi connectivity index (χ2v) is 4.83. The van der Waals surface area contributed by atoms with E-state index < -0.39 is 23.9 Å². The van der Waals surface area contributed by atoms with Gasteiger partial charge in [0.05, 0.1) is 33.2 Å². The highest BCUT2D eigenvalue weighted by atomic mass is 16.5. The summed E-state index contributed by atoms with van der Waals surface area (Å²) in [7, 11) is 2.52. The molecule has 7 heteroatoms. The minimum absolute atomic E-state index is 0.0255. The first-order valence-electron chi connectivity index (χ1n) is 6.52. The molecule has 0 bridgehead atoms. The third-order valence-corrected chi connectivity index (χ3v) is 3.34. The highest BCUT2D eigenvalue weighted by Crippen LogP contribution is 2.15. The molecule has 0 saturated carbocycles. The standard InChI is InChI=1S/C13H21NO6/c1-8(6-10(15)18-2)11(13(17)19-3)14-12(16)9-4-5-20-7-9/h8-9,11H,4-7H2,1-3H3,(H,14,16)/t8-,9+,11+/m1/s1. The predicted octanol–water partition coefficient (Wildman–Crippen LogP) is -0.120. The molecule has 1 aliphatic heterocycles. The van der Waals surface area contributed by atoms with Gasteiger partial charge in [-0.15, -0.1) is 0 Å². The van der Waals surface area contributed by atoms with Crippen molar-refractivity contribution in [1.82, 2.24) is 5.32 Å². The molecular weight excluding hydrogens is 266 g/mol. The molecule has 0 aromatic carbocycles. The molecular formula is C13H21NO6. The lowest BCUT2D eigenvalue weighted by Gasteiger charge is -2.23. The fourth-order valence-corrected chi connectivity index (χ4v) is 2.04. The van der Waals surface area contributed by atoms with Gasteiger partial charge < -0.3 is 19.5 Å². The molecule has 0 unspecified atom stereocenters. The van der Waals surface area contributed by atoms with Crippen molar-refractivity contribution in [3.8, 4) is 0 Å². The molecule has 0 aromatic heterocycles. The Balaban J connectivity index is 2.65. The molecule has 20 heavy (non-hydrogen) atoms. The van der Waals surface area contributed by atoms with Crippen molar-refractivity contribution in [3.63, 3.8) is 0 Å². The van der Waals surface area contributed by atoms with Gasteiger partial charge in [0.2, 0.25) is 5.91 Å².